The summed E-state index contributed by atoms with van der Waals surface area (Å²) in [4.78, 5) is 16.1. The minimum Gasteiger partial charge on any atom is -0.464 e. The predicted octanol–water partition coefficient (Wildman–Crippen LogP) is 1.43. The lowest BCUT2D eigenvalue weighted by atomic mass is 10.1. The second-order valence-electron chi connectivity index (χ2n) is 5.72. The van der Waals surface area contributed by atoms with E-state index in [0.717, 1.165) is 0 Å². The third-order valence-corrected chi connectivity index (χ3v) is 6.02. The Morgan fingerprint density at radius 3 is 2.76 bits per heavy atom. The van der Waals surface area contributed by atoms with Crippen molar-refractivity contribution >= 4 is 39.2 Å². The first-order chi connectivity index (χ1) is 11.4. The van der Waals surface area contributed by atoms with Crippen molar-refractivity contribution in [2.24, 2.45) is 0 Å². The van der Waals surface area contributed by atoms with E-state index in [9.17, 15) is 13.2 Å². The number of esters is 1. The SMILES string of the molecule is COC(=O)c1nccc2c(S(=O)(=O)N3CCNC(C)C3)cccc12.Cl. The van der Waals surface area contributed by atoms with Gasteiger partial charge in [0.15, 0.2) is 5.69 Å². The molecule has 7 nitrogen and oxygen atoms in total. The number of pyridine rings is 1. The topological polar surface area (TPSA) is 88.6 Å². The van der Waals surface area contributed by atoms with Crippen LogP contribution in [-0.4, -0.2) is 56.5 Å². The average Bonchev–Trinajstić information content (AvgIpc) is 2.60. The molecule has 3 rings (SSSR count). The van der Waals surface area contributed by atoms with Crippen molar-refractivity contribution in [2.45, 2.75) is 17.9 Å². The number of aromatic nitrogens is 1. The van der Waals surface area contributed by atoms with E-state index in [1.165, 1.54) is 17.6 Å². The zero-order valence-electron chi connectivity index (χ0n) is 13.9. The maximum absolute atomic E-state index is 13.1. The molecule has 0 saturated carbocycles. The highest BCUT2D eigenvalue weighted by Gasteiger charge is 2.30. The zero-order valence-corrected chi connectivity index (χ0v) is 15.6. The number of rotatable bonds is 3. The summed E-state index contributed by atoms with van der Waals surface area (Å²) in [6, 6.07) is 6.56. The lowest BCUT2D eigenvalue weighted by molar-refractivity contribution is 0.0596. The Morgan fingerprint density at radius 1 is 1.32 bits per heavy atom. The molecule has 0 radical (unpaired) electrons. The first-order valence-corrected chi connectivity index (χ1v) is 9.08. The van der Waals surface area contributed by atoms with Crippen molar-refractivity contribution < 1.29 is 17.9 Å². The number of fused-ring (bicyclic) bond motifs is 1. The summed E-state index contributed by atoms with van der Waals surface area (Å²) in [5.74, 6) is -0.592. The summed E-state index contributed by atoms with van der Waals surface area (Å²) in [7, 11) is -2.39. The molecular formula is C16H20ClN3O4S. The maximum Gasteiger partial charge on any atom is 0.357 e. The molecule has 25 heavy (non-hydrogen) atoms. The second kappa shape index (κ2) is 7.65. The Balaban J connectivity index is 0.00000225. The first kappa shape index (κ1) is 19.6. The highest BCUT2D eigenvalue weighted by molar-refractivity contribution is 7.89. The van der Waals surface area contributed by atoms with Gasteiger partial charge in [0.05, 0.1) is 12.0 Å². The van der Waals surface area contributed by atoms with Crippen molar-refractivity contribution in [2.75, 3.05) is 26.7 Å². The number of methoxy groups -OCH3 is 1. The number of halogens is 1. The molecule has 1 fully saturated rings. The molecule has 1 aliphatic rings. The Bertz CT molecular complexity index is 888. The van der Waals surface area contributed by atoms with Gasteiger partial charge in [-0.1, -0.05) is 12.1 Å². The van der Waals surface area contributed by atoms with Crippen LogP contribution < -0.4 is 5.32 Å². The summed E-state index contributed by atoms with van der Waals surface area (Å²) in [6.07, 6.45) is 1.42. The van der Waals surface area contributed by atoms with Gasteiger partial charge in [-0.2, -0.15) is 4.31 Å². The number of hydrogen-bond donors (Lipinski definition) is 1. The summed E-state index contributed by atoms with van der Waals surface area (Å²) in [5, 5.41) is 4.16. The highest BCUT2D eigenvalue weighted by atomic mass is 35.5. The van der Waals surface area contributed by atoms with Crippen molar-refractivity contribution in [3.8, 4) is 0 Å². The van der Waals surface area contributed by atoms with Gasteiger partial charge >= 0.3 is 5.97 Å². The number of piperazine rings is 1. The van der Waals surface area contributed by atoms with Crippen LogP contribution in [0.1, 0.15) is 17.4 Å². The lowest BCUT2D eigenvalue weighted by Gasteiger charge is -2.31. The molecule has 0 amide bonds. The smallest absolute Gasteiger partial charge is 0.357 e. The Labute approximate surface area is 152 Å². The van der Waals surface area contributed by atoms with Crippen molar-refractivity contribution in [3.63, 3.8) is 0 Å². The van der Waals surface area contributed by atoms with Gasteiger partial charge < -0.3 is 10.1 Å². The van der Waals surface area contributed by atoms with Crippen molar-refractivity contribution in [1.29, 1.82) is 0 Å². The van der Waals surface area contributed by atoms with Crippen LogP contribution in [0.2, 0.25) is 0 Å². The van der Waals surface area contributed by atoms with E-state index in [0.29, 0.717) is 30.4 Å². The minimum absolute atomic E-state index is 0. The normalized spacial score (nSPS) is 18.6. The molecular weight excluding hydrogens is 366 g/mol. The summed E-state index contributed by atoms with van der Waals surface area (Å²) < 4.78 is 32.3. The summed E-state index contributed by atoms with van der Waals surface area (Å²) in [5.41, 5.74) is 0.112. The number of benzene rings is 1. The first-order valence-electron chi connectivity index (χ1n) is 7.64. The van der Waals surface area contributed by atoms with E-state index in [1.807, 2.05) is 6.92 Å². The highest BCUT2D eigenvalue weighted by Crippen LogP contribution is 2.27. The summed E-state index contributed by atoms with van der Waals surface area (Å²) in [6.45, 7) is 3.38. The van der Waals surface area contributed by atoms with Gasteiger partial charge in [0.2, 0.25) is 10.0 Å². The number of sulfonamides is 1. The molecule has 0 aliphatic carbocycles. The quantitative estimate of drug-likeness (QED) is 0.804. The molecule has 1 aromatic carbocycles. The van der Waals surface area contributed by atoms with E-state index in [4.69, 9.17) is 4.74 Å². The molecule has 2 aromatic rings. The van der Waals surface area contributed by atoms with Gasteiger partial charge in [-0.05, 0) is 19.1 Å². The molecule has 0 spiro atoms. The largest absolute Gasteiger partial charge is 0.464 e. The molecule has 1 atom stereocenters. The molecule has 136 valence electrons. The molecule has 2 heterocycles. The molecule has 1 saturated heterocycles. The minimum atomic E-state index is -3.66. The van der Waals surface area contributed by atoms with Crippen LogP contribution in [0.4, 0.5) is 0 Å². The van der Waals surface area contributed by atoms with Crippen molar-refractivity contribution in [3.05, 3.63) is 36.2 Å². The van der Waals surface area contributed by atoms with Gasteiger partial charge in [-0.3, -0.25) is 0 Å². The number of nitrogens with zero attached hydrogens (tertiary/aromatic N) is 2. The number of hydrogen-bond acceptors (Lipinski definition) is 6. The molecule has 1 aromatic heterocycles. The van der Waals surface area contributed by atoms with Crippen LogP contribution in [0, 0.1) is 0 Å². The standard InChI is InChI=1S/C16H19N3O4S.ClH/c1-11-10-19(9-8-17-11)24(21,22)14-5-3-4-13-12(14)6-7-18-15(13)16(20)23-2;/h3-7,11,17H,8-10H2,1-2H3;1H. The summed E-state index contributed by atoms with van der Waals surface area (Å²) >= 11 is 0. The van der Waals surface area contributed by atoms with Crippen LogP contribution in [0.15, 0.2) is 35.4 Å². The molecule has 1 N–H and O–H groups in total. The average molecular weight is 386 g/mol. The van der Waals surface area contributed by atoms with Gasteiger partial charge in [0.1, 0.15) is 0 Å². The monoisotopic (exact) mass is 385 g/mol. The van der Waals surface area contributed by atoms with Crippen LogP contribution in [0.3, 0.4) is 0 Å². The van der Waals surface area contributed by atoms with Gasteiger partial charge in [-0.25, -0.2) is 18.2 Å². The number of nitrogens with one attached hydrogen (secondary N) is 1. The number of ether oxygens (including phenoxy) is 1. The molecule has 1 aliphatic heterocycles. The van der Waals surface area contributed by atoms with Crippen LogP contribution in [0.5, 0.6) is 0 Å². The fourth-order valence-corrected chi connectivity index (χ4v) is 4.65. The fraction of sp³-hybridized carbons (Fsp3) is 0.375. The van der Waals surface area contributed by atoms with Crippen molar-refractivity contribution in [1.82, 2.24) is 14.6 Å². The van der Waals surface area contributed by atoms with E-state index >= 15 is 0 Å². The Kier molecular flexibility index (Phi) is 5.99. The third-order valence-electron chi connectivity index (χ3n) is 4.09. The Hall–Kier alpha value is -1.74. The number of carbonyl (C=O) groups excluding carboxylic acids is 1. The zero-order chi connectivity index (χ0) is 17.3. The predicted molar refractivity (Wildman–Crippen MR) is 96.6 cm³/mol. The van der Waals surface area contributed by atoms with E-state index in [2.05, 4.69) is 10.3 Å². The second-order valence-corrected chi connectivity index (χ2v) is 7.63. The van der Waals surface area contributed by atoms with Crippen LogP contribution in [-0.2, 0) is 14.8 Å². The van der Waals surface area contributed by atoms with Gasteiger partial charge in [-0.15, -0.1) is 12.4 Å². The van der Waals surface area contributed by atoms with Gasteiger partial charge in [0.25, 0.3) is 0 Å². The molecule has 9 heteroatoms. The van der Waals surface area contributed by atoms with Crippen LogP contribution >= 0.6 is 12.4 Å². The molecule has 0 bridgehead atoms. The molecule has 1 unspecified atom stereocenters. The lowest BCUT2D eigenvalue weighted by Crippen LogP contribution is -2.51. The van der Waals surface area contributed by atoms with Crippen LogP contribution in [0.25, 0.3) is 10.8 Å². The van der Waals surface area contributed by atoms with Gasteiger partial charge in [0, 0.05) is 42.6 Å². The third kappa shape index (κ3) is 3.62. The maximum atomic E-state index is 13.1. The van der Waals surface area contributed by atoms with E-state index < -0.39 is 16.0 Å². The Morgan fingerprint density at radius 2 is 2.08 bits per heavy atom. The fourth-order valence-electron chi connectivity index (χ4n) is 2.92. The van der Waals surface area contributed by atoms with E-state index in [-0.39, 0.29) is 29.0 Å². The number of carbonyl (C=O) groups is 1. The van der Waals surface area contributed by atoms with E-state index in [1.54, 1.807) is 24.3 Å².